The van der Waals surface area contributed by atoms with Gasteiger partial charge < -0.3 is 9.47 Å². The molecule has 0 aromatic carbocycles. The van der Waals surface area contributed by atoms with Gasteiger partial charge in [0, 0.05) is 0 Å². The third-order valence-corrected chi connectivity index (χ3v) is 2.27. The second-order valence-electron chi connectivity index (χ2n) is 4.74. The third-order valence-electron chi connectivity index (χ3n) is 2.10. The molecule has 0 radical (unpaired) electrons. The van der Waals surface area contributed by atoms with E-state index in [1.807, 2.05) is 20.8 Å². The summed E-state index contributed by atoms with van der Waals surface area (Å²) in [6.07, 6.45) is 1.60. The number of H-pyrrole nitrogens is 1. The number of rotatable bonds is 4. The molecule has 0 aliphatic heterocycles. The van der Waals surface area contributed by atoms with E-state index in [9.17, 15) is 0 Å². The molecule has 0 unspecified atom stereocenters. The zero-order chi connectivity index (χ0) is 13.2. The van der Waals surface area contributed by atoms with Crippen molar-refractivity contribution in [2.75, 3.05) is 13.2 Å². The van der Waals surface area contributed by atoms with Crippen LogP contribution in [0.3, 0.4) is 0 Å². The van der Waals surface area contributed by atoms with Crippen LogP contribution < -0.4 is 4.74 Å². The van der Waals surface area contributed by atoms with Crippen LogP contribution >= 0.6 is 11.6 Å². The van der Waals surface area contributed by atoms with Gasteiger partial charge in [0.05, 0.1) is 18.4 Å². The van der Waals surface area contributed by atoms with E-state index in [1.165, 1.54) is 0 Å². The van der Waals surface area contributed by atoms with E-state index >= 15 is 0 Å². The molecule has 18 heavy (non-hydrogen) atoms. The third kappa shape index (κ3) is 3.30. The number of aromatic nitrogens is 4. The SMILES string of the molecule is CC(C)(C)OCCOc1nc(Cl)nc2[nH]ncc12. The van der Waals surface area contributed by atoms with E-state index in [0.717, 1.165) is 0 Å². The first kappa shape index (κ1) is 13.0. The second kappa shape index (κ2) is 5.07. The van der Waals surface area contributed by atoms with Crippen molar-refractivity contribution in [3.05, 3.63) is 11.5 Å². The Morgan fingerprint density at radius 3 is 2.78 bits per heavy atom. The van der Waals surface area contributed by atoms with Gasteiger partial charge in [0.2, 0.25) is 11.2 Å². The molecule has 7 heteroatoms. The summed E-state index contributed by atoms with van der Waals surface area (Å²) in [5.41, 5.74) is 0.374. The normalized spacial score (nSPS) is 12.0. The summed E-state index contributed by atoms with van der Waals surface area (Å²) in [5, 5.41) is 7.42. The molecule has 2 heterocycles. The van der Waals surface area contributed by atoms with E-state index in [-0.39, 0.29) is 10.9 Å². The lowest BCUT2D eigenvalue weighted by atomic mass is 10.2. The molecule has 6 nitrogen and oxygen atoms in total. The van der Waals surface area contributed by atoms with Crippen LogP contribution in [-0.2, 0) is 4.74 Å². The number of halogens is 1. The van der Waals surface area contributed by atoms with Crippen LogP contribution in [0.1, 0.15) is 20.8 Å². The predicted molar refractivity (Wildman–Crippen MR) is 67.9 cm³/mol. The molecular weight excluding hydrogens is 256 g/mol. The Hall–Kier alpha value is -1.40. The Labute approximate surface area is 110 Å². The average molecular weight is 271 g/mol. The quantitative estimate of drug-likeness (QED) is 0.681. The van der Waals surface area contributed by atoms with Gasteiger partial charge in [-0.3, -0.25) is 5.10 Å². The van der Waals surface area contributed by atoms with Crippen LogP contribution in [0.2, 0.25) is 5.28 Å². The molecule has 2 rings (SSSR count). The predicted octanol–water partition coefficient (Wildman–Crippen LogP) is 2.20. The minimum atomic E-state index is -0.183. The highest BCUT2D eigenvalue weighted by Crippen LogP contribution is 2.21. The number of nitrogens with zero attached hydrogens (tertiary/aromatic N) is 3. The lowest BCUT2D eigenvalue weighted by molar-refractivity contribution is -0.0166. The molecule has 0 bridgehead atoms. The lowest BCUT2D eigenvalue weighted by Crippen LogP contribution is -2.22. The van der Waals surface area contributed by atoms with Gasteiger partial charge >= 0.3 is 0 Å². The Morgan fingerprint density at radius 1 is 1.28 bits per heavy atom. The van der Waals surface area contributed by atoms with Crippen LogP contribution in [0, 0.1) is 0 Å². The Balaban J connectivity index is 2.01. The highest BCUT2D eigenvalue weighted by molar-refractivity contribution is 6.28. The van der Waals surface area contributed by atoms with Crippen LogP contribution in [0.25, 0.3) is 11.0 Å². The van der Waals surface area contributed by atoms with E-state index in [2.05, 4.69) is 20.2 Å². The summed E-state index contributed by atoms with van der Waals surface area (Å²) >= 11 is 5.78. The van der Waals surface area contributed by atoms with Crippen molar-refractivity contribution >= 4 is 22.6 Å². The van der Waals surface area contributed by atoms with Crippen molar-refractivity contribution in [1.29, 1.82) is 0 Å². The van der Waals surface area contributed by atoms with Gasteiger partial charge in [0.1, 0.15) is 12.0 Å². The molecule has 0 atom stereocenters. The fraction of sp³-hybridized carbons (Fsp3) is 0.545. The van der Waals surface area contributed by atoms with Gasteiger partial charge in [0.25, 0.3) is 0 Å². The van der Waals surface area contributed by atoms with Crippen molar-refractivity contribution in [2.24, 2.45) is 0 Å². The first-order valence-electron chi connectivity index (χ1n) is 5.59. The number of nitrogens with one attached hydrogen (secondary N) is 1. The maximum atomic E-state index is 5.78. The van der Waals surface area contributed by atoms with E-state index in [0.29, 0.717) is 30.1 Å². The number of hydrogen-bond donors (Lipinski definition) is 1. The van der Waals surface area contributed by atoms with E-state index < -0.39 is 0 Å². The fourth-order valence-corrected chi connectivity index (χ4v) is 1.54. The number of hydrogen-bond acceptors (Lipinski definition) is 5. The summed E-state index contributed by atoms with van der Waals surface area (Å²) in [7, 11) is 0. The lowest BCUT2D eigenvalue weighted by Gasteiger charge is -2.19. The summed E-state index contributed by atoms with van der Waals surface area (Å²) in [5.74, 6) is 0.413. The average Bonchev–Trinajstić information content (AvgIpc) is 2.70. The topological polar surface area (TPSA) is 72.9 Å². The summed E-state index contributed by atoms with van der Waals surface area (Å²) < 4.78 is 11.1. The van der Waals surface area contributed by atoms with Crippen molar-refractivity contribution in [2.45, 2.75) is 26.4 Å². The minimum Gasteiger partial charge on any atom is -0.475 e. The largest absolute Gasteiger partial charge is 0.475 e. The Kier molecular flexibility index (Phi) is 3.68. The minimum absolute atomic E-state index is 0.124. The van der Waals surface area contributed by atoms with Crippen molar-refractivity contribution < 1.29 is 9.47 Å². The van der Waals surface area contributed by atoms with Crippen LogP contribution in [0.5, 0.6) is 5.88 Å². The molecule has 2 aromatic heterocycles. The van der Waals surface area contributed by atoms with Crippen LogP contribution in [0.15, 0.2) is 6.20 Å². The van der Waals surface area contributed by atoms with Gasteiger partial charge in [-0.1, -0.05) is 0 Å². The summed E-state index contributed by atoms with van der Waals surface area (Å²) in [6, 6.07) is 0. The molecule has 0 saturated heterocycles. The summed E-state index contributed by atoms with van der Waals surface area (Å²) in [6.45, 7) is 6.84. The van der Waals surface area contributed by atoms with Gasteiger partial charge in [-0.25, -0.2) is 0 Å². The van der Waals surface area contributed by atoms with Crippen molar-refractivity contribution in [3.63, 3.8) is 0 Å². The molecule has 0 fully saturated rings. The molecule has 98 valence electrons. The van der Waals surface area contributed by atoms with Crippen LogP contribution in [-0.4, -0.2) is 39.0 Å². The smallest absolute Gasteiger partial charge is 0.229 e. The second-order valence-corrected chi connectivity index (χ2v) is 5.08. The maximum absolute atomic E-state index is 5.78. The zero-order valence-corrected chi connectivity index (χ0v) is 11.3. The molecule has 1 N–H and O–H groups in total. The Morgan fingerprint density at radius 2 is 2.06 bits per heavy atom. The van der Waals surface area contributed by atoms with Crippen molar-refractivity contribution in [1.82, 2.24) is 20.2 Å². The highest BCUT2D eigenvalue weighted by Gasteiger charge is 2.12. The monoisotopic (exact) mass is 270 g/mol. The molecule has 0 saturated carbocycles. The molecular formula is C11H15ClN4O2. The molecule has 0 amide bonds. The maximum Gasteiger partial charge on any atom is 0.229 e. The summed E-state index contributed by atoms with van der Waals surface area (Å²) in [4.78, 5) is 8.01. The van der Waals surface area contributed by atoms with Gasteiger partial charge in [-0.2, -0.15) is 15.1 Å². The molecule has 0 spiro atoms. The standard InChI is InChI=1S/C11H15ClN4O2/c1-11(2,3)18-5-4-17-9-7-6-13-16-8(7)14-10(12)15-9/h6H,4-5H2,1-3H3,(H,13,14,15,16). The highest BCUT2D eigenvalue weighted by atomic mass is 35.5. The zero-order valence-electron chi connectivity index (χ0n) is 10.5. The molecule has 0 aliphatic rings. The fourth-order valence-electron chi connectivity index (χ4n) is 1.38. The van der Waals surface area contributed by atoms with Gasteiger partial charge in [0.15, 0.2) is 5.65 Å². The first-order valence-corrected chi connectivity index (χ1v) is 5.97. The van der Waals surface area contributed by atoms with Crippen LogP contribution in [0.4, 0.5) is 0 Å². The first-order chi connectivity index (χ1) is 8.46. The Bertz CT molecular complexity index is 535. The van der Waals surface area contributed by atoms with Crippen molar-refractivity contribution in [3.8, 4) is 5.88 Å². The van der Waals surface area contributed by atoms with Gasteiger partial charge in [-0.05, 0) is 32.4 Å². The van der Waals surface area contributed by atoms with E-state index in [1.54, 1.807) is 6.20 Å². The number of fused-ring (bicyclic) bond motifs is 1. The van der Waals surface area contributed by atoms with Gasteiger partial charge in [-0.15, -0.1) is 0 Å². The number of ether oxygens (including phenoxy) is 2. The number of aromatic amines is 1. The molecule has 2 aromatic rings. The van der Waals surface area contributed by atoms with E-state index in [4.69, 9.17) is 21.1 Å². The molecule has 0 aliphatic carbocycles.